The third-order valence-corrected chi connectivity index (χ3v) is 6.16. The van der Waals surface area contributed by atoms with E-state index in [0.717, 1.165) is 25.0 Å². The van der Waals surface area contributed by atoms with E-state index in [1.807, 2.05) is 41.0 Å². The zero-order chi connectivity index (χ0) is 21.9. The summed E-state index contributed by atoms with van der Waals surface area (Å²) in [7, 11) is 0. The standard InChI is InChI=1S/C23H32N2O5/c1-5-29-19-8-6-18(7-9-19)20(27)24-13-10-23(11-14-24)12-15-25(16-23)21(28)22(3,4)30-17(2)26/h6-9H,5,10-16H2,1-4H3. The van der Waals surface area contributed by atoms with E-state index < -0.39 is 11.6 Å². The van der Waals surface area contributed by atoms with Gasteiger partial charge in [0.25, 0.3) is 11.8 Å². The SMILES string of the molecule is CCOc1ccc(C(=O)N2CCC3(CC2)CCN(C(=O)C(C)(C)OC(C)=O)C3)cc1. The fourth-order valence-electron chi connectivity index (χ4n) is 4.53. The Morgan fingerprint density at radius 1 is 1.00 bits per heavy atom. The highest BCUT2D eigenvalue weighted by Crippen LogP contribution is 2.41. The second-order valence-electron chi connectivity index (χ2n) is 8.83. The third kappa shape index (κ3) is 4.77. The molecule has 0 aliphatic carbocycles. The predicted molar refractivity (Wildman–Crippen MR) is 112 cm³/mol. The predicted octanol–water partition coefficient (Wildman–Crippen LogP) is 2.88. The summed E-state index contributed by atoms with van der Waals surface area (Å²) in [5, 5.41) is 0. The lowest BCUT2D eigenvalue weighted by atomic mass is 9.77. The molecule has 2 fully saturated rings. The molecule has 1 aromatic carbocycles. The van der Waals surface area contributed by atoms with Crippen LogP contribution in [0.3, 0.4) is 0 Å². The smallest absolute Gasteiger partial charge is 0.303 e. The van der Waals surface area contributed by atoms with Gasteiger partial charge in [-0.15, -0.1) is 0 Å². The monoisotopic (exact) mass is 416 g/mol. The number of carbonyl (C=O) groups excluding carboxylic acids is 3. The van der Waals surface area contributed by atoms with Crippen LogP contribution in [0.15, 0.2) is 24.3 Å². The molecular weight excluding hydrogens is 384 g/mol. The van der Waals surface area contributed by atoms with Gasteiger partial charge in [0.05, 0.1) is 6.61 Å². The van der Waals surface area contributed by atoms with E-state index in [0.29, 0.717) is 38.3 Å². The van der Waals surface area contributed by atoms with E-state index in [1.165, 1.54) is 6.92 Å². The zero-order valence-electron chi connectivity index (χ0n) is 18.4. The maximum atomic E-state index is 12.9. The molecule has 164 valence electrons. The van der Waals surface area contributed by atoms with Gasteiger partial charge in [-0.3, -0.25) is 14.4 Å². The summed E-state index contributed by atoms with van der Waals surface area (Å²) in [4.78, 5) is 40.7. The van der Waals surface area contributed by atoms with Crippen LogP contribution in [0.2, 0.25) is 0 Å². The molecule has 3 rings (SSSR count). The van der Waals surface area contributed by atoms with Crippen molar-refractivity contribution in [1.29, 1.82) is 0 Å². The van der Waals surface area contributed by atoms with Gasteiger partial charge in [0.1, 0.15) is 5.75 Å². The Morgan fingerprint density at radius 2 is 1.57 bits per heavy atom. The van der Waals surface area contributed by atoms with E-state index in [9.17, 15) is 14.4 Å². The molecule has 0 aromatic heterocycles. The molecule has 1 aromatic rings. The van der Waals surface area contributed by atoms with Crippen molar-refractivity contribution in [3.8, 4) is 5.75 Å². The average molecular weight is 417 g/mol. The number of amides is 2. The van der Waals surface area contributed by atoms with Crippen molar-refractivity contribution in [3.63, 3.8) is 0 Å². The fourth-order valence-corrected chi connectivity index (χ4v) is 4.53. The molecule has 2 saturated heterocycles. The van der Waals surface area contributed by atoms with Crippen molar-refractivity contribution in [2.45, 2.75) is 52.6 Å². The van der Waals surface area contributed by atoms with Crippen molar-refractivity contribution in [3.05, 3.63) is 29.8 Å². The molecule has 30 heavy (non-hydrogen) atoms. The minimum Gasteiger partial charge on any atom is -0.494 e. The highest BCUT2D eigenvalue weighted by atomic mass is 16.6. The lowest BCUT2D eigenvalue weighted by Crippen LogP contribution is -2.49. The minimum absolute atomic E-state index is 0.0369. The van der Waals surface area contributed by atoms with Crippen LogP contribution in [0.5, 0.6) is 5.75 Å². The van der Waals surface area contributed by atoms with Crippen molar-refractivity contribution in [2.75, 3.05) is 32.8 Å². The average Bonchev–Trinajstić information content (AvgIpc) is 3.11. The summed E-state index contributed by atoms with van der Waals surface area (Å²) in [5.41, 5.74) is -0.444. The molecule has 0 bridgehead atoms. The second-order valence-corrected chi connectivity index (χ2v) is 8.83. The van der Waals surface area contributed by atoms with Crippen molar-refractivity contribution >= 4 is 17.8 Å². The van der Waals surface area contributed by atoms with Crippen LogP contribution in [-0.2, 0) is 14.3 Å². The van der Waals surface area contributed by atoms with Gasteiger partial charge < -0.3 is 19.3 Å². The second kappa shape index (κ2) is 8.66. The van der Waals surface area contributed by atoms with Gasteiger partial charge in [0.15, 0.2) is 5.60 Å². The van der Waals surface area contributed by atoms with Crippen molar-refractivity contribution < 1.29 is 23.9 Å². The Balaban J connectivity index is 1.56. The van der Waals surface area contributed by atoms with Crippen molar-refractivity contribution in [1.82, 2.24) is 9.80 Å². The Kier molecular flexibility index (Phi) is 6.38. The lowest BCUT2D eigenvalue weighted by molar-refractivity contribution is -0.168. The van der Waals surface area contributed by atoms with Crippen LogP contribution in [0.1, 0.15) is 57.3 Å². The molecule has 1 spiro atoms. The highest BCUT2D eigenvalue weighted by molar-refractivity contribution is 5.94. The number of rotatable bonds is 5. The summed E-state index contributed by atoms with van der Waals surface area (Å²) >= 11 is 0. The van der Waals surface area contributed by atoms with Gasteiger partial charge in [0, 0.05) is 38.7 Å². The maximum absolute atomic E-state index is 12.9. The first-order valence-electron chi connectivity index (χ1n) is 10.7. The summed E-state index contributed by atoms with van der Waals surface area (Å²) in [6, 6.07) is 7.27. The van der Waals surface area contributed by atoms with Gasteiger partial charge >= 0.3 is 5.97 Å². The fraction of sp³-hybridized carbons (Fsp3) is 0.609. The number of benzene rings is 1. The lowest BCUT2D eigenvalue weighted by Gasteiger charge is -2.39. The number of esters is 1. The molecule has 2 aliphatic rings. The van der Waals surface area contributed by atoms with Gasteiger partial charge in [-0.1, -0.05) is 0 Å². The molecular formula is C23H32N2O5. The normalized spacial score (nSPS) is 18.4. The topological polar surface area (TPSA) is 76.2 Å². The molecule has 0 N–H and O–H groups in total. The first kappa shape index (κ1) is 22.1. The van der Waals surface area contributed by atoms with Crippen LogP contribution in [-0.4, -0.2) is 66.0 Å². The number of hydrogen-bond donors (Lipinski definition) is 0. The molecule has 0 saturated carbocycles. The number of carbonyl (C=O) groups is 3. The molecule has 0 unspecified atom stereocenters. The van der Waals surface area contributed by atoms with Gasteiger partial charge in [0.2, 0.25) is 0 Å². The first-order valence-corrected chi connectivity index (χ1v) is 10.7. The zero-order valence-corrected chi connectivity index (χ0v) is 18.4. The summed E-state index contributed by atoms with van der Waals surface area (Å²) < 4.78 is 10.7. The molecule has 2 amide bonds. The number of likely N-dealkylation sites (tertiary alicyclic amines) is 2. The van der Waals surface area contributed by atoms with Crippen molar-refractivity contribution in [2.24, 2.45) is 5.41 Å². The van der Waals surface area contributed by atoms with Crippen LogP contribution in [0.25, 0.3) is 0 Å². The Hall–Kier alpha value is -2.57. The van der Waals surface area contributed by atoms with E-state index in [-0.39, 0.29) is 17.2 Å². The maximum Gasteiger partial charge on any atom is 0.303 e. The Morgan fingerprint density at radius 3 is 2.10 bits per heavy atom. The van der Waals surface area contributed by atoms with E-state index in [1.54, 1.807) is 13.8 Å². The van der Waals surface area contributed by atoms with Gasteiger partial charge in [-0.05, 0) is 69.7 Å². The number of nitrogens with zero attached hydrogens (tertiary/aromatic N) is 2. The van der Waals surface area contributed by atoms with Crippen LogP contribution < -0.4 is 4.74 Å². The largest absolute Gasteiger partial charge is 0.494 e. The Bertz CT molecular complexity index is 794. The summed E-state index contributed by atoms with van der Waals surface area (Å²) in [6.45, 7) is 9.80. The molecule has 0 atom stereocenters. The first-order chi connectivity index (χ1) is 14.2. The summed E-state index contributed by atoms with van der Waals surface area (Å²) in [6.07, 6.45) is 2.65. The van der Waals surface area contributed by atoms with E-state index >= 15 is 0 Å². The number of ether oxygens (including phenoxy) is 2. The molecule has 0 radical (unpaired) electrons. The van der Waals surface area contributed by atoms with Gasteiger partial charge in [-0.2, -0.15) is 0 Å². The van der Waals surface area contributed by atoms with Crippen LogP contribution in [0.4, 0.5) is 0 Å². The molecule has 7 heteroatoms. The Labute approximate surface area is 178 Å². The third-order valence-electron chi connectivity index (χ3n) is 6.16. The number of piperidine rings is 1. The quantitative estimate of drug-likeness (QED) is 0.690. The molecule has 7 nitrogen and oxygen atoms in total. The summed E-state index contributed by atoms with van der Waals surface area (Å²) in [5.74, 6) is 0.194. The highest BCUT2D eigenvalue weighted by Gasteiger charge is 2.46. The molecule has 2 heterocycles. The van der Waals surface area contributed by atoms with E-state index in [4.69, 9.17) is 9.47 Å². The van der Waals surface area contributed by atoms with E-state index in [2.05, 4.69) is 0 Å². The number of hydrogen-bond acceptors (Lipinski definition) is 5. The van der Waals surface area contributed by atoms with Crippen LogP contribution >= 0.6 is 0 Å². The van der Waals surface area contributed by atoms with Crippen LogP contribution in [0, 0.1) is 5.41 Å². The molecule has 2 aliphatic heterocycles. The van der Waals surface area contributed by atoms with Gasteiger partial charge in [-0.25, -0.2) is 0 Å². The minimum atomic E-state index is -1.15.